The second-order valence-corrected chi connectivity index (χ2v) is 8.51. The highest BCUT2D eigenvalue weighted by Crippen LogP contribution is 2.30. The van der Waals surface area contributed by atoms with Crippen molar-refractivity contribution in [1.82, 2.24) is 9.29 Å². The number of likely N-dealkylation sites (N-methyl/N-ethyl adjacent to an activating group) is 1. The maximum absolute atomic E-state index is 12.9. The number of hydrogen-bond acceptors (Lipinski definition) is 4. The van der Waals surface area contributed by atoms with Crippen molar-refractivity contribution in [2.24, 2.45) is 0 Å². The van der Waals surface area contributed by atoms with Crippen LogP contribution in [-0.2, 0) is 27.7 Å². The van der Waals surface area contributed by atoms with E-state index in [9.17, 15) is 13.2 Å². The number of carbonyl (C=O) groups excluding carboxylic acids is 1. The summed E-state index contributed by atoms with van der Waals surface area (Å²) in [4.78, 5) is 18.0. The molecule has 0 fully saturated rings. The first-order chi connectivity index (χ1) is 12.4. The maximum Gasteiger partial charge on any atom is 0.242 e. The molecule has 0 aliphatic carbocycles. The molecule has 0 unspecified atom stereocenters. The van der Waals surface area contributed by atoms with Crippen LogP contribution >= 0.6 is 0 Å². The molecule has 7 heteroatoms. The van der Waals surface area contributed by atoms with Crippen LogP contribution in [0.2, 0.25) is 0 Å². The van der Waals surface area contributed by atoms with Crippen LogP contribution < -0.4 is 4.90 Å². The molecule has 0 N–H and O–H groups in total. The number of aromatic nitrogens is 1. The molecule has 1 aromatic heterocycles. The monoisotopic (exact) mass is 373 g/mol. The molecule has 0 atom stereocenters. The van der Waals surface area contributed by atoms with E-state index in [1.807, 2.05) is 18.2 Å². The molecule has 0 spiro atoms. The van der Waals surface area contributed by atoms with Gasteiger partial charge in [0.15, 0.2) is 0 Å². The topological polar surface area (TPSA) is 70.6 Å². The van der Waals surface area contributed by atoms with Crippen molar-refractivity contribution in [2.45, 2.75) is 31.1 Å². The first kappa shape index (κ1) is 18.5. The van der Waals surface area contributed by atoms with Crippen LogP contribution in [0.5, 0.6) is 0 Å². The highest BCUT2D eigenvalue weighted by Gasteiger charge is 2.25. The third-order valence-electron chi connectivity index (χ3n) is 4.67. The van der Waals surface area contributed by atoms with E-state index in [-0.39, 0.29) is 10.8 Å². The summed E-state index contributed by atoms with van der Waals surface area (Å²) >= 11 is 0. The average Bonchev–Trinajstić information content (AvgIpc) is 2.65. The first-order valence-corrected chi connectivity index (χ1v) is 10.1. The van der Waals surface area contributed by atoms with Gasteiger partial charge in [0.2, 0.25) is 15.9 Å². The van der Waals surface area contributed by atoms with Gasteiger partial charge in [0.25, 0.3) is 0 Å². The number of anilines is 1. The summed E-state index contributed by atoms with van der Waals surface area (Å²) < 4.78 is 27.1. The second kappa shape index (κ2) is 7.55. The molecule has 138 valence electrons. The van der Waals surface area contributed by atoms with Crippen molar-refractivity contribution in [2.75, 3.05) is 25.0 Å². The summed E-state index contributed by atoms with van der Waals surface area (Å²) in [6, 6.07) is 10.7. The molecule has 0 bridgehead atoms. The standard InChI is InChI=1S/C19H23N3O3S/c1-15(23)22-12-5-6-16-14-18(8-9-19(16)22)26(24,25)21(2)13-10-17-7-3-4-11-20-17/h3-4,7-9,11,14H,5-6,10,12-13H2,1-2H3. The lowest BCUT2D eigenvalue weighted by Crippen LogP contribution is -2.34. The van der Waals surface area contributed by atoms with Crippen LogP contribution in [0.3, 0.4) is 0 Å². The smallest absolute Gasteiger partial charge is 0.242 e. The van der Waals surface area contributed by atoms with E-state index in [1.54, 1.807) is 36.3 Å². The summed E-state index contributed by atoms with van der Waals surface area (Å²) in [7, 11) is -2.00. The Hall–Kier alpha value is -2.25. The third kappa shape index (κ3) is 3.78. The Morgan fingerprint density at radius 3 is 2.77 bits per heavy atom. The second-order valence-electron chi connectivity index (χ2n) is 6.46. The number of nitrogens with zero attached hydrogens (tertiary/aromatic N) is 3. The Bertz CT molecular complexity index is 898. The lowest BCUT2D eigenvalue weighted by molar-refractivity contribution is -0.116. The van der Waals surface area contributed by atoms with Crippen LogP contribution in [0.4, 0.5) is 5.69 Å². The van der Waals surface area contributed by atoms with Gasteiger partial charge in [-0.15, -0.1) is 0 Å². The fourth-order valence-electron chi connectivity index (χ4n) is 3.18. The lowest BCUT2D eigenvalue weighted by Gasteiger charge is -2.29. The SMILES string of the molecule is CC(=O)N1CCCc2cc(S(=O)(=O)N(C)CCc3ccccn3)ccc21. The van der Waals surface area contributed by atoms with E-state index in [1.165, 1.54) is 11.2 Å². The van der Waals surface area contributed by atoms with E-state index < -0.39 is 10.0 Å². The van der Waals surface area contributed by atoms with Crippen LogP contribution in [0.25, 0.3) is 0 Å². The largest absolute Gasteiger partial charge is 0.312 e. The number of fused-ring (bicyclic) bond motifs is 1. The van der Waals surface area contributed by atoms with E-state index in [0.29, 0.717) is 19.5 Å². The molecule has 0 radical (unpaired) electrons. The van der Waals surface area contributed by atoms with Crippen LogP contribution in [0.1, 0.15) is 24.6 Å². The molecule has 26 heavy (non-hydrogen) atoms. The van der Waals surface area contributed by atoms with Crippen molar-refractivity contribution in [3.8, 4) is 0 Å². The van der Waals surface area contributed by atoms with Gasteiger partial charge < -0.3 is 4.90 Å². The maximum atomic E-state index is 12.9. The predicted octanol–water partition coefficient (Wildman–Crippen LogP) is 2.24. The fraction of sp³-hybridized carbons (Fsp3) is 0.368. The Labute approximate surface area is 154 Å². The van der Waals surface area contributed by atoms with Crippen LogP contribution in [-0.4, -0.2) is 43.8 Å². The van der Waals surface area contributed by atoms with Gasteiger partial charge in [0, 0.05) is 51.1 Å². The molecular formula is C19H23N3O3S. The van der Waals surface area contributed by atoms with Crippen LogP contribution in [0, 0.1) is 0 Å². The minimum absolute atomic E-state index is 0.0194. The van der Waals surface area contributed by atoms with Gasteiger partial charge in [-0.25, -0.2) is 12.7 Å². The van der Waals surface area contributed by atoms with Crippen molar-refractivity contribution >= 4 is 21.6 Å². The lowest BCUT2D eigenvalue weighted by atomic mass is 10.0. The van der Waals surface area contributed by atoms with Gasteiger partial charge >= 0.3 is 0 Å². The summed E-state index contributed by atoms with van der Waals surface area (Å²) in [5, 5.41) is 0. The Morgan fingerprint density at radius 1 is 1.27 bits per heavy atom. The molecular weight excluding hydrogens is 350 g/mol. The van der Waals surface area contributed by atoms with E-state index in [0.717, 1.165) is 29.8 Å². The zero-order valence-corrected chi connectivity index (χ0v) is 15.9. The van der Waals surface area contributed by atoms with Crippen LogP contribution in [0.15, 0.2) is 47.5 Å². The number of pyridine rings is 1. The summed E-state index contributed by atoms with van der Waals surface area (Å²) in [5.41, 5.74) is 2.58. The van der Waals surface area contributed by atoms with Gasteiger partial charge in [0.05, 0.1) is 4.90 Å². The highest BCUT2D eigenvalue weighted by molar-refractivity contribution is 7.89. The minimum atomic E-state index is -3.58. The fourth-order valence-corrected chi connectivity index (χ4v) is 4.40. The van der Waals surface area contributed by atoms with Crippen molar-refractivity contribution in [3.63, 3.8) is 0 Å². The molecule has 1 aliphatic rings. The molecule has 2 aromatic rings. The van der Waals surface area contributed by atoms with Crippen molar-refractivity contribution < 1.29 is 13.2 Å². The molecule has 1 aromatic carbocycles. The first-order valence-electron chi connectivity index (χ1n) is 8.67. The summed E-state index contributed by atoms with van der Waals surface area (Å²) in [5.74, 6) is -0.0194. The molecule has 1 amide bonds. The third-order valence-corrected chi connectivity index (χ3v) is 6.52. The average molecular weight is 373 g/mol. The van der Waals surface area contributed by atoms with E-state index in [4.69, 9.17) is 0 Å². The number of aryl methyl sites for hydroxylation is 1. The number of rotatable bonds is 5. The Balaban J connectivity index is 1.80. The zero-order chi connectivity index (χ0) is 18.7. The Kier molecular flexibility index (Phi) is 5.38. The number of hydrogen-bond donors (Lipinski definition) is 0. The van der Waals surface area contributed by atoms with Gasteiger partial charge in [-0.3, -0.25) is 9.78 Å². The Morgan fingerprint density at radius 2 is 2.08 bits per heavy atom. The van der Waals surface area contributed by atoms with E-state index in [2.05, 4.69) is 4.98 Å². The molecule has 6 nitrogen and oxygen atoms in total. The van der Waals surface area contributed by atoms with Gasteiger partial charge in [-0.1, -0.05) is 6.07 Å². The quantitative estimate of drug-likeness (QED) is 0.806. The number of amides is 1. The summed E-state index contributed by atoms with van der Waals surface area (Å²) in [6.45, 7) is 2.57. The minimum Gasteiger partial charge on any atom is -0.312 e. The predicted molar refractivity (Wildman–Crippen MR) is 101 cm³/mol. The van der Waals surface area contributed by atoms with Gasteiger partial charge in [-0.2, -0.15) is 0 Å². The molecule has 3 rings (SSSR count). The van der Waals surface area contributed by atoms with Crippen molar-refractivity contribution in [3.05, 3.63) is 53.9 Å². The molecule has 1 aliphatic heterocycles. The van der Waals surface area contributed by atoms with E-state index >= 15 is 0 Å². The number of sulfonamides is 1. The van der Waals surface area contributed by atoms with Gasteiger partial charge in [-0.05, 0) is 48.7 Å². The number of carbonyl (C=O) groups is 1. The zero-order valence-electron chi connectivity index (χ0n) is 15.1. The molecule has 2 heterocycles. The highest BCUT2D eigenvalue weighted by atomic mass is 32.2. The van der Waals surface area contributed by atoms with Crippen molar-refractivity contribution in [1.29, 1.82) is 0 Å². The molecule has 0 saturated carbocycles. The van der Waals surface area contributed by atoms with Gasteiger partial charge in [0.1, 0.15) is 0 Å². The molecule has 0 saturated heterocycles. The summed E-state index contributed by atoms with van der Waals surface area (Å²) in [6.07, 6.45) is 3.87. The number of benzene rings is 1. The normalized spacial score (nSPS) is 14.3.